The number of nitrogens with zero attached hydrogens (tertiary/aromatic N) is 2. The van der Waals surface area contributed by atoms with Crippen LogP contribution in [0.25, 0.3) is 10.2 Å². The normalized spacial score (nSPS) is 11.1. The van der Waals surface area contributed by atoms with E-state index in [1.807, 2.05) is 0 Å². The van der Waals surface area contributed by atoms with Crippen LogP contribution in [0.3, 0.4) is 0 Å². The zero-order chi connectivity index (χ0) is 25.1. The maximum Gasteiger partial charge on any atom is 0.348 e. The van der Waals surface area contributed by atoms with Gasteiger partial charge in [0, 0.05) is 10.6 Å². The number of carbonyl (C=O) groups is 2. The average molecular weight is 531 g/mol. The molecule has 4 rings (SSSR count). The molecule has 4 aromatic rings. The molecular weight excluding hydrogens is 511 g/mol. The number of rotatable bonds is 8. The number of fused-ring (bicyclic) bond motifs is 1. The molecule has 180 valence electrons. The number of aryl methyl sites for hydroxylation is 1. The fourth-order valence-electron chi connectivity index (χ4n) is 3.46. The summed E-state index contributed by atoms with van der Waals surface area (Å²) in [7, 11) is 0. The third-order valence-corrected chi connectivity index (χ3v) is 7.62. The van der Waals surface area contributed by atoms with Gasteiger partial charge in [-0.25, -0.2) is 14.2 Å². The van der Waals surface area contributed by atoms with E-state index < -0.39 is 5.97 Å². The van der Waals surface area contributed by atoms with Crippen LogP contribution in [0.1, 0.15) is 38.1 Å². The van der Waals surface area contributed by atoms with Crippen molar-refractivity contribution in [3.05, 3.63) is 91.3 Å². The van der Waals surface area contributed by atoms with Gasteiger partial charge in [0.2, 0.25) is 0 Å². The van der Waals surface area contributed by atoms with Gasteiger partial charge in [0.05, 0.1) is 24.3 Å². The van der Waals surface area contributed by atoms with Gasteiger partial charge in [0.1, 0.15) is 15.5 Å². The van der Waals surface area contributed by atoms with E-state index in [2.05, 4.69) is 4.98 Å². The highest BCUT2D eigenvalue weighted by Gasteiger charge is 2.23. The second-order valence-corrected chi connectivity index (χ2v) is 9.97. The molecule has 0 spiro atoms. The van der Waals surface area contributed by atoms with Crippen LogP contribution in [0, 0.1) is 12.7 Å². The summed E-state index contributed by atoms with van der Waals surface area (Å²) >= 11 is 8.12. The number of aromatic nitrogens is 2. The number of hydrogen-bond donors (Lipinski definition) is 0. The fourth-order valence-corrected chi connectivity index (χ4v) is 5.60. The minimum absolute atomic E-state index is 0.0398. The van der Waals surface area contributed by atoms with Gasteiger partial charge in [0.15, 0.2) is 10.9 Å². The molecule has 0 fully saturated rings. The van der Waals surface area contributed by atoms with Crippen LogP contribution in [-0.2, 0) is 11.3 Å². The van der Waals surface area contributed by atoms with Crippen LogP contribution < -0.4 is 5.56 Å². The summed E-state index contributed by atoms with van der Waals surface area (Å²) in [6, 6.07) is 12.4. The fraction of sp³-hybridized carbons (Fsp3) is 0.200. The molecule has 0 bridgehead atoms. The minimum atomic E-state index is -0.510. The van der Waals surface area contributed by atoms with E-state index in [4.69, 9.17) is 16.3 Å². The standard InChI is InChI=1S/C25H20ClFN2O4S2/c1-3-33-24(32)21-14(2)20-22(35-21)28-25(34-13-19(30)16-6-8-17(26)9-7-16)29(23(20)31)12-15-4-10-18(27)11-5-15/h4-11H,3,12-13H2,1-2H3. The molecule has 2 heterocycles. The summed E-state index contributed by atoms with van der Waals surface area (Å²) in [4.78, 5) is 44.1. The number of halogens is 2. The van der Waals surface area contributed by atoms with Crippen LogP contribution in [0.2, 0.25) is 5.02 Å². The Morgan fingerprint density at radius 2 is 1.83 bits per heavy atom. The highest BCUT2D eigenvalue weighted by molar-refractivity contribution is 7.99. The van der Waals surface area contributed by atoms with E-state index >= 15 is 0 Å². The lowest BCUT2D eigenvalue weighted by Gasteiger charge is -2.12. The first kappa shape index (κ1) is 25.1. The maximum atomic E-state index is 13.6. The molecule has 2 aromatic heterocycles. The van der Waals surface area contributed by atoms with Gasteiger partial charge in [-0.2, -0.15) is 0 Å². The number of ether oxygens (including phenoxy) is 1. The smallest absolute Gasteiger partial charge is 0.348 e. The summed E-state index contributed by atoms with van der Waals surface area (Å²) in [5, 5.41) is 1.18. The van der Waals surface area contributed by atoms with Crippen molar-refractivity contribution < 1.29 is 18.7 Å². The van der Waals surface area contributed by atoms with E-state index in [0.717, 1.165) is 23.1 Å². The monoisotopic (exact) mass is 530 g/mol. The van der Waals surface area contributed by atoms with E-state index in [1.165, 1.54) is 16.7 Å². The average Bonchev–Trinajstić information content (AvgIpc) is 3.17. The summed E-state index contributed by atoms with van der Waals surface area (Å²) < 4.78 is 20.0. The lowest BCUT2D eigenvalue weighted by Crippen LogP contribution is -2.24. The zero-order valence-corrected chi connectivity index (χ0v) is 21.2. The van der Waals surface area contributed by atoms with Crippen molar-refractivity contribution >= 4 is 56.7 Å². The highest BCUT2D eigenvalue weighted by atomic mass is 35.5. The summed E-state index contributed by atoms with van der Waals surface area (Å²) in [5.74, 6) is -1.00. The van der Waals surface area contributed by atoms with E-state index in [0.29, 0.717) is 42.0 Å². The number of Topliss-reactive ketones (excluding diaryl/α,β-unsaturated/α-hetero) is 1. The Kier molecular flexibility index (Phi) is 7.69. The van der Waals surface area contributed by atoms with Crippen LogP contribution in [0.5, 0.6) is 0 Å². The number of thiophene rings is 1. The molecule has 10 heteroatoms. The van der Waals surface area contributed by atoms with Gasteiger partial charge in [-0.15, -0.1) is 11.3 Å². The Hall–Kier alpha value is -3.01. The highest BCUT2D eigenvalue weighted by Crippen LogP contribution is 2.30. The topological polar surface area (TPSA) is 78.3 Å². The molecule has 0 N–H and O–H groups in total. The van der Waals surface area contributed by atoms with Crippen molar-refractivity contribution in [1.29, 1.82) is 0 Å². The van der Waals surface area contributed by atoms with Crippen molar-refractivity contribution in [2.75, 3.05) is 12.4 Å². The van der Waals surface area contributed by atoms with Gasteiger partial charge in [0.25, 0.3) is 5.56 Å². The van der Waals surface area contributed by atoms with Crippen molar-refractivity contribution in [3.63, 3.8) is 0 Å². The predicted molar refractivity (Wildman–Crippen MR) is 137 cm³/mol. The third kappa shape index (κ3) is 5.47. The largest absolute Gasteiger partial charge is 0.462 e. The van der Waals surface area contributed by atoms with Gasteiger partial charge >= 0.3 is 5.97 Å². The second-order valence-electron chi connectivity index (χ2n) is 7.59. The molecule has 0 aliphatic rings. The van der Waals surface area contributed by atoms with Crippen molar-refractivity contribution in [3.8, 4) is 0 Å². The number of ketones is 1. The maximum absolute atomic E-state index is 13.6. The number of hydrogen-bond acceptors (Lipinski definition) is 7. The number of esters is 1. The van der Waals surface area contributed by atoms with Crippen LogP contribution in [0.4, 0.5) is 4.39 Å². The molecule has 0 amide bonds. The molecule has 0 saturated heterocycles. The van der Waals surface area contributed by atoms with Crippen LogP contribution >= 0.6 is 34.7 Å². The quantitative estimate of drug-likeness (QED) is 0.125. The van der Waals surface area contributed by atoms with Gasteiger partial charge in [-0.3, -0.25) is 14.2 Å². The summed E-state index contributed by atoms with van der Waals surface area (Å²) in [5.41, 5.74) is 1.35. The first-order valence-electron chi connectivity index (χ1n) is 10.7. The lowest BCUT2D eigenvalue weighted by atomic mass is 10.1. The summed E-state index contributed by atoms with van der Waals surface area (Å²) in [6.07, 6.45) is 0. The lowest BCUT2D eigenvalue weighted by molar-refractivity contribution is 0.0531. The number of thioether (sulfide) groups is 1. The third-order valence-electron chi connectivity index (χ3n) is 5.23. The zero-order valence-electron chi connectivity index (χ0n) is 18.8. The van der Waals surface area contributed by atoms with E-state index in [1.54, 1.807) is 50.2 Å². The van der Waals surface area contributed by atoms with Crippen molar-refractivity contribution in [1.82, 2.24) is 9.55 Å². The second kappa shape index (κ2) is 10.7. The Morgan fingerprint density at radius 1 is 1.14 bits per heavy atom. The minimum Gasteiger partial charge on any atom is -0.462 e. The van der Waals surface area contributed by atoms with E-state index in [9.17, 15) is 18.8 Å². The molecule has 0 aliphatic heterocycles. The SMILES string of the molecule is CCOC(=O)c1sc2nc(SCC(=O)c3ccc(Cl)cc3)n(Cc3ccc(F)cc3)c(=O)c2c1C. The molecule has 2 aromatic carbocycles. The molecule has 0 saturated carbocycles. The molecule has 0 atom stereocenters. The van der Waals surface area contributed by atoms with E-state index in [-0.39, 0.29) is 36.1 Å². The van der Waals surface area contributed by atoms with Crippen molar-refractivity contribution in [2.45, 2.75) is 25.5 Å². The molecular formula is C25H20ClFN2O4S2. The molecule has 35 heavy (non-hydrogen) atoms. The first-order chi connectivity index (χ1) is 16.8. The molecule has 0 unspecified atom stereocenters. The van der Waals surface area contributed by atoms with Crippen LogP contribution in [-0.4, -0.2) is 33.7 Å². The number of benzene rings is 2. The van der Waals surface area contributed by atoms with Gasteiger partial charge < -0.3 is 4.74 Å². The van der Waals surface area contributed by atoms with Gasteiger partial charge in [-0.1, -0.05) is 35.5 Å². The molecule has 0 radical (unpaired) electrons. The summed E-state index contributed by atoms with van der Waals surface area (Å²) in [6.45, 7) is 3.74. The Bertz CT molecular complexity index is 1460. The Labute approximate surface area is 213 Å². The van der Waals surface area contributed by atoms with Crippen molar-refractivity contribution in [2.24, 2.45) is 0 Å². The number of carbonyl (C=O) groups excluding carboxylic acids is 2. The predicted octanol–water partition coefficient (Wildman–Crippen LogP) is 5.76. The Balaban J connectivity index is 1.76. The molecule has 0 aliphatic carbocycles. The van der Waals surface area contributed by atoms with Gasteiger partial charge in [-0.05, 0) is 61.4 Å². The van der Waals surface area contributed by atoms with Crippen LogP contribution in [0.15, 0.2) is 58.5 Å². The Morgan fingerprint density at radius 3 is 2.49 bits per heavy atom. The first-order valence-corrected chi connectivity index (χ1v) is 12.8. The molecule has 6 nitrogen and oxygen atoms in total.